The molecular formula is C46H58BN3O9. The van der Waals surface area contributed by atoms with Crippen molar-refractivity contribution in [2.75, 3.05) is 7.11 Å². The van der Waals surface area contributed by atoms with Gasteiger partial charge >= 0.3 is 19.2 Å². The fraction of sp³-hybridized carbons (Fsp3) is 0.522. The van der Waals surface area contributed by atoms with Gasteiger partial charge in [-0.15, -0.1) is 0 Å². The smallest absolute Gasteiger partial charge is 0.482 e. The first kappa shape index (κ1) is 42.3. The Morgan fingerprint density at radius 2 is 1.63 bits per heavy atom. The molecule has 1 N–H and O–H groups in total. The molecule has 5 aliphatic rings. The monoisotopic (exact) mass is 807 g/mol. The van der Waals surface area contributed by atoms with E-state index in [1.54, 1.807) is 17.0 Å². The average molecular weight is 808 g/mol. The van der Waals surface area contributed by atoms with E-state index in [0.717, 1.165) is 29.5 Å². The fourth-order valence-electron chi connectivity index (χ4n) is 9.21. The SMILES string of the molecule is COc1c(CC(NC(=O)/C(=N\OCc2ccccc2)c2ccc3c(c2)CN(C(=O)OC(C)(C)C)C3)B2OC3C[C@H]4C[C@@H](C4(C)C)[C@]3(C)O2)cccc1C(=O)OC(C)(C)C. The lowest BCUT2D eigenvalue weighted by atomic mass is 9.43. The molecule has 1 saturated heterocycles. The van der Waals surface area contributed by atoms with Crippen LogP contribution in [-0.2, 0) is 54.5 Å². The Morgan fingerprint density at radius 1 is 0.915 bits per heavy atom. The molecule has 314 valence electrons. The molecule has 4 fully saturated rings. The highest BCUT2D eigenvalue weighted by atomic mass is 16.7. The highest BCUT2D eigenvalue weighted by Crippen LogP contribution is 2.65. The largest absolute Gasteiger partial charge is 0.496 e. The molecule has 3 aliphatic carbocycles. The summed E-state index contributed by atoms with van der Waals surface area (Å²) in [5.74, 6) is -0.608. The van der Waals surface area contributed by atoms with E-state index in [1.807, 2.05) is 96.1 Å². The van der Waals surface area contributed by atoms with E-state index in [2.05, 4.69) is 31.2 Å². The lowest BCUT2D eigenvalue weighted by molar-refractivity contribution is -0.199. The van der Waals surface area contributed by atoms with Crippen LogP contribution in [-0.4, -0.2) is 71.7 Å². The molecule has 2 heterocycles. The number of esters is 1. The number of ether oxygens (including phenoxy) is 3. The quantitative estimate of drug-likeness (QED) is 0.0891. The third kappa shape index (κ3) is 8.87. The van der Waals surface area contributed by atoms with E-state index >= 15 is 0 Å². The molecule has 3 aromatic carbocycles. The van der Waals surface area contributed by atoms with Gasteiger partial charge in [-0.3, -0.25) is 9.69 Å². The maximum absolute atomic E-state index is 14.8. The minimum atomic E-state index is -0.826. The van der Waals surface area contributed by atoms with Crippen LogP contribution in [0.25, 0.3) is 0 Å². The Kier molecular flexibility index (Phi) is 11.4. The Hall–Kier alpha value is -4.88. The van der Waals surface area contributed by atoms with Gasteiger partial charge in [-0.05, 0) is 119 Å². The number of hydrogen-bond donors (Lipinski definition) is 1. The number of nitrogens with zero attached hydrogens (tertiary/aromatic N) is 2. The van der Waals surface area contributed by atoms with Crippen molar-refractivity contribution in [1.29, 1.82) is 0 Å². The van der Waals surface area contributed by atoms with Crippen LogP contribution < -0.4 is 10.1 Å². The number of benzene rings is 3. The van der Waals surface area contributed by atoms with Crippen molar-refractivity contribution in [2.45, 2.75) is 130 Å². The van der Waals surface area contributed by atoms with Gasteiger partial charge in [-0.2, -0.15) is 0 Å². The summed E-state index contributed by atoms with van der Waals surface area (Å²) >= 11 is 0. The second-order valence-electron chi connectivity index (χ2n) is 19.1. The van der Waals surface area contributed by atoms with Crippen LogP contribution in [0, 0.1) is 17.3 Å². The van der Waals surface area contributed by atoms with Crippen molar-refractivity contribution in [2.24, 2.45) is 22.4 Å². The molecule has 5 atom stereocenters. The number of oxime groups is 1. The van der Waals surface area contributed by atoms with E-state index in [4.69, 9.17) is 28.4 Å². The third-order valence-corrected chi connectivity index (χ3v) is 12.3. The van der Waals surface area contributed by atoms with E-state index in [0.29, 0.717) is 41.8 Å². The molecule has 8 rings (SSSR count). The van der Waals surface area contributed by atoms with E-state index in [9.17, 15) is 14.4 Å². The van der Waals surface area contributed by atoms with Crippen LogP contribution >= 0.6 is 0 Å². The molecule has 0 radical (unpaired) electrons. The number of fused-ring (bicyclic) bond motifs is 1. The zero-order chi connectivity index (χ0) is 42.5. The zero-order valence-electron chi connectivity index (χ0n) is 36.0. The summed E-state index contributed by atoms with van der Waals surface area (Å²) in [5.41, 5.74) is 2.41. The summed E-state index contributed by atoms with van der Waals surface area (Å²) in [6.07, 6.45) is 1.57. The molecule has 13 heteroatoms. The van der Waals surface area contributed by atoms with Gasteiger partial charge in [-0.1, -0.05) is 73.6 Å². The van der Waals surface area contributed by atoms with Gasteiger partial charge in [0, 0.05) is 18.7 Å². The molecule has 2 amide bonds. The molecule has 3 aromatic rings. The number of nitrogens with one attached hydrogen (secondary N) is 1. The first-order valence-electron chi connectivity index (χ1n) is 20.6. The average Bonchev–Trinajstić information content (AvgIpc) is 3.76. The van der Waals surface area contributed by atoms with Crippen LogP contribution in [0.1, 0.15) is 113 Å². The molecule has 12 nitrogen and oxygen atoms in total. The molecule has 0 spiro atoms. The molecule has 0 aromatic heterocycles. The highest BCUT2D eigenvalue weighted by Gasteiger charge is 2.68. The predicted octanol–water partition coefficient (Wildman–Crippen LogP) is 7.82. The minimum absolute atomic E-state index is 0.0453. The number of amides is 2. The Bertz CT molecular complexity index is 2110. The van der Waals surface area contributed by atoms with Gasteiger partial charge in [-0.25, -0.2) is 9.59 Å². The summed E-state index contributed by atoms with van der Waals surface area (Å²) in [5, 5.41) is 7.70. The van der Waals surface area contributed by atoms with Crippen molar-refractivity contribution < 1.29 is 42.7 Å². The molecular weight excluding hydrogens is 749 g/mol. The third-order valence-electron chi connectivity index (χ3n) is 12.3. The number of hydrogen-bond acceptors (Lipinski definition) is 10. The second-order valence-corrected chi connectivity index (χ2v) is 19.1. The lowest BCUT2D eigenvalue weighted by Gasteiger charge is -2.64. The highest BCUT2D eigenvalue weighted by molar-refractivity contribution is 6.51. The van der Waals surface area contributed by atoms with Crippen molar-refractivity contribution in [1.82, 2.24) is 10.2 Å². The summed E-state index contributed by atoms with van der Waals surface area (Å²) < 4.78 is 31.0. The molecule has 59 heavy (non-hydrogen) atoms. The number of carbonyl (C=O) groups is 3. The first-order chi connectivity index (χ1) is 27.8. The molecule has 3 saturated carbocycles. The van der Waals surface area contributed by atoms with Gasteiger partial charge in [0.1, 0.15) is 29.1 Å². The van der Waals surface area contributed by atoms with E-state index < -0.39 is 47.8 Å². The maximum atomic E-state index is 14.8. The summed E-state index contributed by atoms with van der Waals surface area (Å²) in [4.78, 5) is 48.7. The van der Waals surface area contributed by atoms with Crippen LogP contribution in [0.4, 0.5) is 4.79 Å². The zero-order valence-corrected chi connectivity index (χ0v) is 36.0. The van der Waals surface area contributed by atoms with Gasteiger partial charge < -0.3 is 33.7 Å². The normalized spacial score (nSPS) is 23.7. The Balaban J connectivity index is 1.22. The van der Waals surface area contributed by atoms with Crippen LogP contribution in [0.15, 0.2) is 71.9 Å². The van der Waals surface area contributed by atoms with Crippen molar-refractivity contribution >= 4 is 30.8 Å². The Morgan fingerprint density at radius 3 is 2.31 bits per heavy atom. The van der Waals surface area contributed by atoms with Crippen molar-refractivity contribution in [3.8, 4) is 5.75 Å². The predicted molar refractivity (Wildman–Crippen MR) is 224 cm³/mol. The Labute approximate surface area is 348 Å². The van der Waals surface area contributed by atoms with Crippen molar-refractivity contribution in [3.05, 3.63) is 100 Å². The standard InChI is InChI=1S/C46H58BN3O9/c1-43(2,3)56-41(52)34-18-14-17-30(39(34)54-10)22-37(47-58-36-24-33-23-35(45(33,7)8)46(36,9)59-47)48-40(51)38(49-55-27-28-15-12-11-13-16-28)29-19-20-31-25-50(26-32(31)21-29)42(53)57-44(4,5)6/h11-21,33,35-37H,22-27H2,1-10H3,(H,48,51)/b49-38-/t33-,35+,36?,37?,46+/m1/s1. The van der Waals surface area contributed by atoms with E-state index in [1.165, 1.54) is 7.11 Å². The summed E-state index contributed by atoms with van der Waals surface area (Å²) in [6, 6.07) is 20.5. The first-order valence-corrected chi connectivity index (χ1v) is 20.6. The second kappa shape index (κ2) is 16.0. The topological polar surface area (TPSA) is 134 Å². The number of carbonyl (C=O) groups excluding carboxylic acids is 3. The molecule has 2 aliphatic heterocycles. The van der Waals surface area contributed by atoms with Gasteiger partial charge in [0.05, 0.1) is 24.8 Å². The maximum Gasteiger partial charge on any atom is 0.482 e. The van der Waals surface area contributed by atoms with Gasteiger partial charge in [0.2, 0.25) is 0 Å². The minimum Gasteiger partial charge on any atom is -0.496 e. The van der Waals surface area contributed by atoms with Gasteiger partial charge in [0.25, 0.3) is 5.91 Å². The molecule has 2 bridgehead atoms. The van der Waals surface area contributed by atoms with Crippen molar-refractivity contribution in [3.63, 3.8) is 0 Å². The number of methoxy groups -OCH3 is 1. The number of rotatable bonds is 11. The summed E-state index contributed by atoms with van der Waals surface area (Å²) in [6.45, 7) is 18.5. The van der Waals surface area contributed by atoms with Crippen LogP contribution in [0.5, 0.6) is 5.75 Å². The van der Waals surface area contributed by atoms with Gasteiger partial charge in [0.15, 0.2) is 5.71 Å². The fourth-order valence-corrected chi connectivity index (χ4v) is 9.21. The van der Waals surface area contributed by atoms with Crippen LogP contribution in [0.2, 0.25) is 0 Å². The van der Waals surface area contributed by atoms with Crippen LogP contribution in [0.3, 0.4) is 0 Å². The molecule has 2 unspecified atom stereocenters. The van der Waals surface area contributed by atoms with E-state index in [-0.39, 0.29) is 35.8 Å². The lowest BCUT2D eigenvalue weighted by Crippen LogP contribution is -2.65. The number of para-hydroxylation sites is 1. The summed E-state index contributed by atoms with van der Waals surface area (Å²) in [7, 11) is 0.688.